The molecule has 0 spiro atoms. The molecule has 1 saturated heterocycles. The Morgan fingerprint density at radius 3 is 2.38 bits per heavy atom. The quantitative estimate of drug-likeness (QED) is 0.654. The molecule has 0 amide bonds. The molecule has 1 rings (SSSR count). The average Bonchev–Trinajstić information content (AvgIpc) is 2.55. The second-order valence-electron chi connectivity index (χ2n) is 4.10. The maximum atomic E-state index is 9.05. The van der Waals surface area contributed by atoms with Gasteiger partial charge in [-0.2, -0.15) is 0 Å². The summed E-state index contributed by atoms with van der Waals surface area (Å²) in [6.45, 7) is 8.26. The largest absolute Gasteiger partial charge is 0.392 e. The van der Waals surface area contributed by atoms with Crippen LogP contribution in [0.5, 0.6) is 0 Å². The molecular weight excluding hydrogens is 164 g/mol. The molecular formula is C10H22N2O. The van der Waals surface area contributed by atoms with Crippen molar-refractivity contribution in [1.82, 2.24) is 10.2 Å². The summed E-state index contributed by atoms with van der Waals surface area (Å²) >= 11 is 0. The maximum absolute atomic E-state index is 9.05. The highest BCUT2D eigenvalue weighted by Gasteiger charge is 2.17. The zero-order valence-corrected chi connectivity index (χ0v) is 8.79. The van der Waals surface area contributed by atoms with Gasteiger partial charge >= 0.3 is 0 Å². The van der Waals surface area contributed by atoms with E-state index in [1.165, 1.54) is 25.9 Å². The van der Waals surface area contributed by atoms with E-state index < -0.39 is 0 Å². The molecule has 1 fully saturated rings. The van der Waals surface area contributed by atoms with Gasteiger partial charge in [-0.3, -0.25) is 4.90 Å². The van der Waals surface area contributed by atoms with Gasteiger partial charge in [0.15, 0.2) is 0 Å². The first-order valence-electron chi connectivity index (χ1n) is 5.33. The molecule has 1 aliphatic rings. The van der Waals surface area contributed by atoms with Gasteiger partial charge in [-0.25, -0.2) is 0 Å². The van der Waals surface area contributed by atoms with Gasteiger partial charge in [0.1, 0.15) is 0 Å². The molecule has 2 N–H and O–H groups in total. The summed E-state index contributed by atoms with van der Waals surface area (Å²) in [6, 6.07) is 0.612. The van der Waals surface area contributed by atoms with Gasteiger partial charge in [-0.05, 0) is 39.8 Å². The fourth-order valence-corrected chi connectivity index (χ4v) is 1.81. The van der Waals surface area contributed by atoms with Crippen LogP contribution in [0.25, 0.3) is 0 Å². The summed E-state index contributed by atoms with van der Waals surface area (Å²) in [5, 5.41) is 12.3. The monoisotopic (exact) mass is 186 g/mol. The van der Waals surface area contributed by atoms with E-state index in [0.717, 1.165) is 6.54 Å². The van der Waals surface area contributed by atoms with E-state index >= 15 is 0 Å². The normalized spacial score (nSPS) is 23.3. The number of aliphatic hydroxyl groups excluding tert-OH is 1. The minimum absolute atomic E-state index is 0.231. The molecule has 1 heterocycles. The number of hydrogen-bond acceptors (Lipinski definition) is 3. The van der Waals surface area contributed by atoms with Crippen molar-refractivity contribution in [2.75, 3.05) is 26.2 Å². The lowest BCUT2D eigenvalue weighted by molar-refractivity contribution is 0.182. The van der Waals surface area contributed by atoms with Crippen LogP contribution in [0.15, 0.2) is 0 Å². The molecule has 1 aliphatic heterocycles. The van der Waals surface area contributed by atoms with E-state index in [9.17, 15) is 0 Å². The van der Waals surface area contributed by atoms with Crippen molar-refractivity contribution in [3.05, 3.63) is 0 Å². The van der Waals surface area contributed by atoms with Gasteiger partial charge < -0.3 is 10.4 Å². The van der Waals surface area contributed by atoms with Gasteiger partial charge in [-0.1, -0.05) is 0 Å². The predicted molar refractivity (Wildman–Crippen MR) is 54.8 cm³/mol. The van der Waals surface area contributed by atoms with E-state index in [0.29, 0.717) is 12.6 Å². The molecule has 3 heteroatoms. The van der Waals surface area contributed by atoms with Crippen molar-refractivity contribution in [3.63, 3.8) is 0 Å². The number of rotatable bonds is 5. The Hall–Kier alpha value is -0.120. The number of aliphatic hydroxyl groups is 1. The van der Waals surface area contributed by atoms with Crippen LogP contribution in [-0.2, 0) is 0 Å². The summed E-state index contributed by atoms with van der Waals surface area (Å²) in [7, 11) is 0. The van der Waals surface area contributed by atoms with Gasteiger partial charge in [0.25, 0.3) is 0 Å². The number of nitrogens with one attached hydrogen (secondary N) is 1. The third-order valence-electron chi connectivity index (χ3n) is 2.64. The van der Waals surface area contributed by atoms with Gasteiger partial charge in [0, 0.05) is 19.1 Å². The van der Waals surface area contributed by atoms with Crippen LogP contribution in [0.1, 0.15) is 26.7 Å². The summed E-state index contributed by atoms with van der Waals surface area (Å²) in [6.07, 6.45) is 2.47. The number of likely N-dealkylation sites (tertiary alicyclic amines) is 1. The average molecular weight is 186 g/mol. The first kappa shape index (κ1) is 11.0. The van der Waals surface area contributed by atoms with E-state index in [2.05, 4.69) is 17.1 Å². The van der Waals surface area contributed by atoms with Crippen LogP contribution in [-0.4, -0.2) is 48.3 Å². The van der Waals surface area contributed by atoms with E-state index in [-0.39, 0.29) is 6.10 Å². The van der Waals surface area contributed by atoms with Crippen LogP contribution in [0, 0.1) is 0 Å². The van der Waals surface area contributed by atoms with Crippen LogP contribution < -0.4 is 5.32 Å². The zero-order valence-electron chi connectivity index (χ0n) is 8.79. The topological polar surface area (TPSA) is 35.5 Å². The first-order valence-corrected chi connectivity index (χ1v) is 5.33. The highest BCUT2D eigenvalue weighted by atomic mass is 16.3. The zero-order chi connectivity index (χ0) is 9.68. The second kappa shape index (κ2) is 5.58. The lowest BCUT2D eigenvalue weighted by Gasteiger charge is -2.24. The smallest absolute Gasteiger partial charge is 0.0636 e. The summed E-state index contributed by atoms with van der Waals surface area (Å²) in [5.74, 6) is 0. The van der Waals surface area contributed by atoms with E-state index in [1.807, 2.05) is 6.92 Å². The van der Waals surface area contributed by atoms with Crippen LogP contribution in [0.4, 0.5) is 0 Å². The molecule has 0 aliphatic carbocycles. The van der Waals surface area contributed by atoms with Gasteiger partial charge in [0.05, 0.1) is 6.10 Å². The Balaban J connectivity index is 2.06. The lowest BCUT2D eigenvalue weighted by Crippen LogP contribution is -2.40. The fraction of sp³-hybridized carbons (Fsp3) is 1.00. The maximum Gasteiger partial charge on any atom is 0.0636 e. The SMILES string of the molecule is CC(CNC[C@@H](C)O)N1CCCC1. The standard InChI is InChI=1S/C10H22N2O/c1-9(7-11-8-10(2)13)12-5-3-4-6-12/h9-11,13H,3-8H2,1-2H3/t9?,10-/m1/s1. The molecule has 2 atom stereocenters. The van der Waals surface area contributed by atoms with Crippen molar-refractivity contribution in [2.45, 2.75) is 38.8 Å². The molecule has 78 valence electrons. The fourth-order valence-electron chi connectivity index (χ4n) is 1.81. The Morgan fingerprint density at radius 2 is 1.85 bits per heavy atom. The van der Waals surface area contributed by atoms with E-state index in [4.69, 9.17) is 5.11 Å². The summed E-state index contributed by atoms with van der Waals surface area (Å²) in [5.41, 5.74) is 0. The minimum Gasteiger partial charge on any atom is -0.392 e. The summed E-state index contributed by atoms with van der Waals surface area (Å²) in [4.78, 5) is 2.51. The molecule has 0 aromatic rings. The Labute approximate surface area is 81.1 Å². The lowest BCUT2D eigenvalue weighted by atomic mass is 10.3. The number of hydrogen-bond donors (Lipinski definition) is 2. The Morgan fingerprint density at radius 1 is 1.23 bits per heavy atom. The van der Waals surface area contributed by atoms with Crippen molar-refractivity contribution in [1.29, 1.82) is 0 Å². The predicted octanol–water partition coefficient (Wildman–Crippen LogP) is 0.441. The van der Waals surface area contributed by atoms with Crippen molar-refractivity contribution >= 4 is 0 Å². The molecule has 0 aromatic carbocycles. The van der Waals surface area contributed by atoms with Gasteiger partial charge in [0.2, 0.25) is 0 Å². The first-order chi connectivity index (χ1) is 6.20. The highest BCUT2D eigenvalue weighted by molar-refractivity contribution is 4.74. The van der Waals surface area contributed by atoms with Gasteiger partial charge in [-0.15, -0.1) is 0 Å². The third kappa shape index (κ3) is 4.07. The molecule has 0 saturated carbocycles. The highest BCUT2D eigenvalue weighted by Crippen LogP contribution is 2.10. The van der Waals surface area contributed by atoms with Crippen LogP contribution in [0.3, 0.4) is 0 Å². The van der Waals surface area contributed by atoms with Crippen molar-refractivity contribution < 1.29 is 5.11 Å². The van der Waals surface area contributed by atoms with Crippen molar-refractivity contribution in [2.24, 2.45) is 0 Å². The molecule has 1 unspecified atom stereocenters. The number of nitrogens with zero attached hydrogens (tertiary/aromatic N) is 1. The van der Waals surface area contributed by atoms with Crippen LogP contribution in [0.2, 0.25) is 0 Å². The molecule has 3 nitrogen and oxygen atoms in total. The Bertz CT molecular complexity index is 133. The molecule has 0 radical (unpaired) electrons. The summed E-state index contributed by atoms with van der Waals surface area (Å²) < 4.78 is 0. The van der Waals surface area contributed by atoms with Crippen LogP contribution >= 0.6 is 0 Å². The van der Waals surface area contributed by atoms with Crippen molar-refractivity contribution in [3.8, 4) is 0 Å². The van der Waals surface area contributed by atoms with E-state index in [1.54, 1.807) is 0 Å². The molecule has 0 bridgehead atoms. The minimum atomic E-state index is -0.231. The second-order valence-corrected chi connectivity index (χ2v) is 4.10. The third-order valence-corrected chi connectivity index (χ3v) is 2.64. The molecule has 13 heavy (non-hydrogen) atoms. The Kier molecular flexibility index (Phi) is 4.70. The molecule has 0 aromatic heterocycles.